The fraction of sp³-hybridized carbons (Fsp3) is 0.0435. The van der Waals surface area contributed by atoms with Gasteiger partial charge in [-0.25, -0.2) is 0 Å². The summed E-state index contributed by atoms with van der Waals surface area (Å²) in [5.74, 6) is 2.23. The zero-order valence-electron chi connectivity index (χ0n) is 13.9. The first-order valence-corrected chi connectivity index (χ1v) is 8.16. The van der Waals surface area contributed by atoms with Gasteiger partial charge >= 0.3 is 0 Å². The third-order valence-corrected chi connectivity index (χ3v) is 4.13. The van der Waals surface area contributed by atoms with Crippen molar-refractivity contribution in [3.8, 4) is 28.4 Å². The Hall–Kier alpha value is -3.26. The molecule has 1 radical (unpaired) electrons. The minimum Gasteiger partial charge on any atom is -0.496 e. The van der Waals surface area contributed by atoms with Crippen molar-refractivity contribution in [3.63, 3.8) is 0 Å². The molecule has 0 saturated carbocycles. The SMILES string of the molecule is COc1[c]c(-c2cccc3ccccc23)c(Oc2ccccc2)cc1. The van der Waals surface area contributed by atoms with E-state index >= 15 is 0 Å². The highest BCUT2D eigenvalue weighted by atomic mass is 16.5. The van der Waals surface area contributed by atoms with Crippen LogP contribution in [0.2, 0.25) is 0 Å². The van der Waals surface area contributed by atoms with Crippen LogP contribution in [-0.4, -0.2) is 7.11 Å². The minimum atomic E-state index is 0.684. The molecule has 0 unspecified atom stereocenters. The Morgan fingerprint density at radius 1 is 0.720 bits per heavy atom. The van der Waals surface area contributed by atoms with Crippen LogP contribution >= 0.6 is 0 Å². The molecule has 4 rings (SSSR count). The lowest BCUT2D eigenvalue weighted by molar-refractivity contribution is 0.412. The summed E-state index contributed by atoms with van der Waals surface area (Å²) in [5, 5.41) is 2.34. The summed E-state index contributed by atoms with van der Waals surface area (Å²) in [6.07, 6.45) is 0. The number of hydrogen-bond donors (Lipinski definition) is 0. The smallest absolute Gasteiger partial charge is 0.136 e. The summed E-state index contributed by atoms with van der Waals surface area (Å²) in [7, 11) is 1.65. The number of ether oxygens (including phenoxy) is 2. The summed E-state index contributed by atoms with van der Waals surface area (Å²) >= 11 is 0. The normalized spacial score (nSPS) is 10.6. The summed E-state index contributed by atoms with van der Waals surface area (Å²) in [6, 6.07) is 31.5. The van der Waals surface area contributed by atoms with Gasteiger partial charge in [0.15, 0.2) is 0 Å². The van der Waals surface area contributed by atoms with Gasteiger partial charge in [-0.2, -0.15) is 0 Å². The Kier molecular flexibility index (Phi) is 4.09. The van der Waals surface area contributed by atoms with Crippen molar-refractivity contribution < 1.29 is 9.47 Å². The average molecular weight is 325 g/mol. The molecule has 0 aromatic heterocycles. The molecule has 0 bridgehead atoms. The minimum absolute atomic E-state index is 0.684. The molecule has 0 saturated heterocycles. The Morgan fingerprint density at radius 2 is 1.48 bits per heavy atom. The molecule has 0 amide bonds. The highest BCUT2D eigenvalue weighted by Gasteiger charge is 2.12. The first-order chi connectivity index (χ1) is 12.3. The zero-order chi connectivity index (χ0) is 17.1. The van der Waals surface area contributed by atoms with Crippen molar-refractivity contribution >= 4 is 10.8 Å². The van der Waals surface area contributed by atoms with Gasteiger partial charge in [0.2, 0.25) is 0 Å². The molecule has 0 spiro atoms. The Morgan fingerprint density at radius 3 is 2.32 bits per heavy atom. The predicted octanol–water partition coefficient (Wildman–Crippen LogP) is 6.11. The van der Waals surface area contributed by atoms with E-state index in [1.54, 1.807) is 7.11 Å². The molecular formula is C23H17O2. The average Bonchev–Trinajstić information content (AvgIpc) is 2.69. The molecule has 0 atom stereocenters. The Bertz CT molecular complexity index is 1000. The third-order valence-electron chi connectivity index (χ3n) is 4.13. The Balaban J connectivity index is 1.89. The van der Waals surface area contributed by atoms with Gasteiger partial charge in [-0.1, -0.05) is 60.7 Å². The van der Waals surface area contributed by atoms with Crippen LogP contribution in [0, 0.1) is 6.07 Å². The quantitative estimate of drug-likeness (QED) is 0.451. The third kappa shape index (κ3) is 3.07. The molecule has 2 heteroatoms. The lowest BCUT2D eigenvalue weighted by Gasteiger charge is -2.14. The van der Waals surface area contributed by atoms with Crippen LogP contribution in [0.1, 0.15) is 0 Å². The molecule has 4 aromatic rings. The monoisotopic (exact) mass is 325 g/mol. The summed E-state index contributed by atoms with van der Waals surface area (Å²) in [6.45, 7) is 0. The van der Waals surface area contributed by atoms with Crippen LogP contribution in [0.5, 0.6) is 17.2 Å². The largest absolute Gasteiger partial charge is 0.496 e. The second-order valence-electron chi connectivity index (χ2n) is 5.71. The first-order valence-electron chi connectivity index (χ1n) is 8.16. The van der Waals surface area contributed by atoms with Crippen molar-refractivity contribution in [2.75, 3.05) is 7.11 Å². The first kappa shape index (κ1) is 15.3. The van der Waals surface area contributed by atoms with Gasteiger partial charge in [0.25, 0.3) is 0 Å². The number of methoxy groups -OCH3 is 1. The van der Waals surface area contributed by atoms with E-state index in [1.807, 2.05) is 54.6 Å². The van der Waals surface area contributed by atoms with Crippen LogP contribution in [-0.2, 0) is 0 Å². The van der Waals surface area contributed by atoms with Crippen molar-refractivity contribution in [1.29, 1.82) is 0 Å². The number of hydrogen-bond acceptors (Lipinski definition) is 2. The second kappa shape index (κ2) is 6.70. The summed E-state index contributed by atoms with van der Waals surface area (Å²) in [5.41, 5.74) is 1.96. The van der Waals surface area contributed by atoms with Crippen LogP contribution in [0.25, 0.3) is 21.9 Å². The van der Waals surface area contributed by atoms with E-state index in [0.29, 0.717) is 5.75 Å². The molecule has 25 heavy (non-hydrogen) atoms. The van der Waals surface area contributed by atoms with Crippen molar-refractivity contribution in [1.82, 2.24) is 0 Å². The zero-order valence-corrected chi connectivity index (χ0v) is 13.9. The van der Waals surface area contributed by atoms with Gasteiger partial charge < -0.3 is 9.47 Å². The van der Waals surface area contributed by atoms with E-state index in [4.69, 9.17) is 9.47 Å². The molecule has 121 valence electrons. The Labute approximate surface area is 147 Å². The van der Waals surface area contributed by atoms with Crippen LogP contribution in [0.15, 0.2) is 84.9 Å². The summed E-state index contributed by atoms with van der Waals surface area (Å²) < 4.78 is 11.5. The molecule has 2 nitrogen and oxygen atoms in total. The molecule has 0 aliphatic carbocycles. The van der Waals surface area contributed by atoms with E-state index in [9.17, 15) is 0 Å². The number of rotatable bonds is 4. The van der Waals surface area contributed by atoms with Gasteiger partial charge in [-0.05, 0) is 40.6 Å². The lowest BCUT2D eigenvalue weighted by atomic mass is 9.97. The molecule has 0 heterocycles. The maximum atomic E-state index is 6.13. The van der Waals surface area contributed by atoms with Crippen molar-refractivity contribution in [3.05, 3.63) is 91.0 Å². The highest BCUT2D eigenvalue weighted by Crippen LogP contribution is 2.38. The van der Waals surface area contributed by atoms with Gasteiger partial charge in [0, 0.05) is 11.6 Å². The molecular weight excluding hydrogens is 308 g/mol. The van der Waals surface area contributed by atoms with Crippen LogP contribution in [0.3, 0.4) is 0 Å². The van der Waals surface area contributed by atoms with Crippen molar-refractivity contribution in [2.45, 2.75) is 0 Å². The number of para-hydroxylation sites is 1. The van der Waals surface area contributed by atoms with E-state index in [2.05, 4.69) is 36.4 Å². The number of benzene rings is 4. The van der Waals surface area contributed by atoms with Gasteiger partial charge in [-0.15, -0.1) is 0 Å². The summed E-state index contributed by atoms with van der Waals surface area (Å²) in [4.78, 5) is 0. The molecule has 0 fully saturated rings. The fourth-order valence-corrected chi connectivity index (χ4v) is 2.92. The molecule has 0 N–H and O–H groups in total. The van der Waals surface area contributed by atoms with E-state index in [1.165, 1.54) is 5.39 Å². The number of fused-ring (bicyclic) bond motifs is 1. The topological polar surface area (TPSA) is 18.5 Å². The van der Waals surface area contributed by atoms with Crippen molar-refractivity contribution in [2.24, 2.45) is 0 Å². The molecule has 0 aliphatic rings. The molecule has 4 aromatic carbocycles. The highest BCUT2D eigenvalue weighted by molar-refractivity contribution is 5.98. The van der Waals surface area contributed by atoms with E-state index in [0.717, 1.165) is 28.0 Å². The van der Waals surface area contributed by atoms with Gasteiger partial charge in [0.1, 0.15) is 17.2 Å². The van der Waals surface area contributed by atoms with E-state index in [-0.39, 0.29) is 0 Å². The van der Waals surface area contributed by atoms with Gasteiger partial charge in [0.05, 0.1) is 7.11 Å². The second-order valence-corrected chi connectivity index (χ2v) is 5.71. The fourth-order valence-electron chi connectivity index (χ4n) is 2.92. The maximum Gasteiger partial charge on any atom is 0.136 e. The van der Waals surface area contributed by atoms with E-state index < -0.39 is 0 Å². The van der Waals surface area contributed by atoms with Crippen LogP contribution < -0.4 is 9.47 Å². The maximum absolute atomic E-state index is 6.13. The predicted molar refractivity (Wildman–Crippen MR) is 101 cm³/mol. The standard InChI is InChI=1S/C23H17O2/c1-24-19-14-15-23(25-18-10-3-2-4-11-18)22(16-19)21-13-7-9-17-8-5-6-12-20(17)21/h2-15H,1H3. The van der Waals surface area contributed by atoms with Crippen LogP contribution in [0.4, 0.5) is 0 Å². The molecule has 0 aliphatic heterocycles. The lowest BCUT2D eigenvalue weighted by Crippen LogP contribution is -1.92. The van der Waals surface area contributed by atoms with Gasteiger partial charge in [-0.3, -0.25) is 0 Å².